The minimum atomic E-state index is -0.761. The molecule has 1 heterocycles. The summed E-state index contributed by atoms with van der Waals surface area (Å²) in [5, 5.41) is 13.0. The highest BCUT2D eigenvalue weighted by Gasteiger charge is 2.43. The summed E-state index contributed by atoms with van der Waals surface area (Å²) in [6.07, 6.45) is 0.652. The summed E-state index contributed by atoms with van der Waals surface area (Å²) in [5.74, 6) is -1.93. The second kappa shape index (κ2) is 21.6. The number of carbonyl (C=O) groups is 4. The van der Waals surface area contributed by atoms with E-state index < -0.39 is 42.3 Å². The number of hydrogen-bond acceptors (Lipinski definition) is 9. The van der Waals surface area contributed by atoms with Gasteiger partial charge in [0.1, 0.15) is 12.1 Å². The molecule has 0 aromatic heterocycles. The van der Waals surface area contributed by atoms with E-state index in [1.54, 1.807) is 30.9 Å². The van der Waals surface area contributed by atoms with Crippen LogP contribution in [0, 0.1) is 23.7 Å². The van der Waals surface area contributed by atoms with E-state index in [1.165, 1.54) is 7.11 Å². The summed E-state index contributed by atoms with van der Waals surface area (Å²) in [6.45, 7) is 13.8. The molecule has 12 heteroatoms. The number of rotatable bonds is 21. The SMILES string of the molecule is CC[C@H](C)[C@@H](C(=O)N[C@H](C(=O)N(C)[C@@H](C(C)C)[C@@H](CC(=O)N1CCC[C@H]1[C@H](OC)[C@@H](C)C(=O)O[C@H](CO)Cc1ccccc1)OC)C(C)C)N(C)C. The summed E-state index contributed by atoms with van der Waals surface area (Å²) in [5.41, 5.74) is 0.946. The summed E-state index contributed by atoms with van der Waals surface area (Å²) < 4.78 is 17.6. The molecule has 0 radical (unpaired) electrons. The van der Waals surface area contributed by atoms with Gasteiger partial charge >= 0.3 is 5.97 Å². The number of benzene rings is 1. The molecule has 0 bridgehead atoms. The summed E-state index contributed by atoms with van der Waals surface area (Å²) in [4.78, 5) is 60.4. The molecule has 1 aliphatic heterocycles. The van der Waals surface area contributed by atoms with Gasteiger partial charge in [-0.25, -0.2) is 0 Å². The van der Waals surface area contributed by atoms with Gasteiger partial charge in [-0.3, -0.25) is 24.1 Å². The Hall–Kier alpha value is -3.06. The first-order valence-electron chi connectivity index (χ1n) is 19.0. The molecule has 0 unspecified atom stereocenters. The van der Waals surface area contributed by atoms with Crippen molar-refractivity contribution in [3.63, 3.8) is 0 Å². The number of hydrogen-bond donors (Lipinski definition) is 2. The summed E-state index contributed by atoms with van der Waals surface area (Å²) >= 11 is 0. The molecule has 1 aromatic carbocycles. The number of aliphatic hydroxyl groups excluding tert-OH is 1. The highest BCUT2D eigenvalue weighted by atomic mass is 16.6. The molecule has 3 amide bonds. The van der Waals surface area contributed by atoms with E-state index >= 15 is 0 Å². The van der Waals surface area contributed by atoms with Gasteiger partial charge in [-0.2, -0.15) is 0 Å². The van der Waals surface area contributed by atoms with Crippen molar-refractivity contribution in [1.29, 1.82) is 0 Å². The van der Waals surface area contributed by atoms with Gasteiger partial charge in [-0.15, -0.1) is 0 Å². The van der Waals surface area contributed by atoms with Crippen LogP contribution in [0.15, 0.2) is 30.3 Å². The Bertz CT molecular complexity index is 1260. The monoisotopic (exact) mass is 733 g/mol. The van der Waals surface area contributed by atoms with E-state index in [0.717, 1.165) is 18.4 Å². The van der Waals surface area contributed by atoms with Gasteiger partial charge in [0.05, 0.1) is 49.3 Å². The maximum absolute atomic E-state index is 14.2. The average Bonchev–Trinajstić information content (AvgIpc) is 3.59. The van der Waals surface area contributed by atoms with E-state index in [9.17, 15) is 24.3 Å². The number of methoxy groups -OCH3 is 2. The normalized spacial score (nSPS) is 19.5. The van der Waals surface area contributed by atoms with Gasteiger partial charge in [0.2, 0.25) is 17.7 Å². The van der Waals surface area contributed by atoms with Crippen LogP contribution >= 0.6 is 0 Å². The molecule has 2 N–H and O–H groups in total. The fourth-order valence-corrected chi connectivity index (χ4v) is 7.67. The van der Waals surface area contributed by atoms with Crippen LogP contribution in [0.5, 0.6) is 0 Å². The number of nitrogens with one attached hydrogen (secondary N) is 1. The number of likely N-dealkylation sites (tertiary alicyclic amines) is 1. The smallest absolute Gasteiger partial charge is 0.311 e. The molecule has 1 saturated heterocycles. The second-order valence-corrected chi connectivity index (χ2v) is 15.4. The molecule has 296 valence electrons. The van der Waals surface area contributed by atoms with E-state index in [2.05, 4.69) is 5.32 Å². The van der Waals surface area contributed by atoms with E-state index in [-0.39, 0.29) is 60.6 Å². The van der Waals surface area contributed by atoms with Crippen molar-refractivity contribution in [2.45, 2.75) is 123 Å². The van der Waals surface area contributed by atoms with E-state index in [1.807, 2.05) is 90.9 Å². The Kier molecular flexibility index (Phi) is 18.7. The lowest BCUT2D eigenvalue weighted by atomic mass is 9.91. The minimum Gasteiger partial charge on any atom is -0.459 e. The largest absolute Gasteiger partial charge is 0.459 e. The van der Waals surface area contributed by atoms with Crippen LogP contribution in [0.4, 0.5) is 0 Å². The number of ether oxygens (including phenoxy) is 3. The summed E-state index contributed by atoms with van der Waals surface area (Å²) in [7, 11) is 8.54. The molecule has 0 aliphatic carbocycles. The third kappa shape index (κ3) is 12.0. The van der Waals surface area contributed by atoms with Crippen LogP contribution in [0.3, 0.4) is 0 Å². The highest BCUT2D eigenvalue weighted by Crippen LogP contribution is 2.30. The van der Waals surface area contributed by atoms with Gasteiger partial charge in [0.15, 0.2) is 0 Å². The first-order chi connectivity index (χ1) is 24.5. The predicted octanol–water partition coefficient (Wildman–Crippen LogP) is 3.78. The molecule has 1 aliphatic rings. The van der Waals surface area contributed by atoms with Crippen LogP contribution in [0.25, 0.3) is 0 Å². The van der Waals surface area contributed by atoms with Crippen LogP contribution in [0.2, 0.25) is 0 Å². The quantitative estimate of drug-likeness (QED) is 0.181. The van der Waals surface area contributed by atoms with Crippen LogP contribution in [0.1, 0.15) is 79.7 Å². The highest BCUT2D eigenvalue weighted by molar-refractivity contribution is 5.90. The molecule has 2 rings (SSSR count). The Morgan fingerprint density at radius 1 is 0.962 bits per heavy atom. The minimum absolute atomic E-state index is 0.0157. The molecule has 12 nitrogen and oxygen atoms in total. The van der Waals surface area contributed by atoms with Crippen molar-refractivity contribution in [2.75, 3.05) is 48.5 Å². The van der Waals surface area contributed by atoms with Gasteiger partial charge < -0.3 is 34.4 Å². The van der Waals surface area contributed by atoms with E-state index in [0.29, 0.717) is 19.4 Å². The third-order valence-electron chi connectivity index (χ3n) is 10.7. The van der Waals surface area contributed by atoms with Gasteiger partial charge in [0.25, 0.3) is 0 Å². The van der Waals surface area contributed by atoms with Crippen LogP contribution < -0.4 is 5.32 Å². The lowest BCUT2D eigenvalue weighted by Gasteiger charge is -2.40. The molecule has 1 fully saturated rings. The maximum atomic E-state index is 14.2. The first kappa shape index (κ1) is 45.1. The fourth-order valence-electron chi connectivity index (χ4n) is 7.67. The van der Waals surface area contributed by atoms with Crippen molar-refractivity contribution in [2.24, 2.45) is 23.7 Å². The van der Waals surface area contributed by atoms with Gasteiger partial charge in [-0.05, 0) is 57.2 Å². The van der Waals surface area contributed by atoms with Crippen molar-refractivity contribution < 1.29 is 38.5 Å². The summed E-state index contributed by atoms with van der Waals surface area (Å²) in [6, 6.07) is 7.55. The maximum Gasteiger partial charge on any atom is 0.311 e. The number of likely N-dealkylation sites (N-methyl/N-ethyl adjacent to an activating group) is 2. The fraction of sp³-hybridized carbons (Fsp3) is 0.750. The van der Waals surface area contributed by atoms with Crippen molar-refractivity contribution in [3.8, 4) is 0 Å². The van der Waals surface area contributed by atoms with E-state index in [4.69, 9.17) is 14.2 Å². The van der Waals surface area contributed by atoms with Crippen molar-refractivity contribution in [3.05, 3.63) is 35.9 Å². The molecule has 0 spiro atoms. The average molecular weight is 733 g/mol. The molecule has 9 atom stereocenters. The Labute approximate surface area is 312 Å². The Morgan fingerprint density at radius 3 is 2.10 bits per heavy atom. The number of aliphatic hydroxyl groups is 1. The molecular formula is C40H68N4O8. The lowest BCUT2D eigenvalue weighted by Crippen LogP contribution is -2.59. The van der Waals surface area contributed by atoms with Crippen LogP contribution in [-0.4, -0.2) is 134 Å². The van der Waals surface area contributed by atoms with Crippen molar-refractivity contribution in [1.82, 2.24) is 20.0 Å². The Morgan fingerprint density at radius 2 is 1.60 bits per heavy atom. The standard InChI is InChI=1S/C40H68N4O8/c1-13-27(6)36(42(8)9)38(47)41-34(25(2)3)39(48)43(10)35(26(4)5)32(50-11)23-33(46)44-21-17-20-31(44)37(51-12)28(7)40(49)52-30(24-45)22-29-18-15-14-16-19-29/h14-16,18-19,25-28,30-32,34-37,45H,13,17,20-24H2,1-12H3,(H,41,47)/t27-,28+,30-,31-,32+,34-,35-,36-,37+/m0/s1. The zero-order valence-electron chi connectivity index (χ0n) is 33.8. The predicted molar refractivity (Wildman–Crippen MR) is 202 cm³/mol. The van der Waals surface area contributed by atoms with Gasteiger partial charge in [0, 0.05) is 34.2 Å². The number of amides is 3. The number of nitrogens with zero attached hydrogens (tertiary/aromatic N) is 3. The lowest BCUT2D eigenvalue weighted by molar-refractivity contribution is -0.163. The topological polar surface area (TPSA) is 138 Å². The zero-order valence-corrected chi connectivity index (χ0v) is 33.8. The Balaban J connectivity index is 2.22. The van der Waals surface area contributed by atoms with Gasteiger partial charge in [-0.1, -0.05) is 78.3 Å². The zero-order chi connectivity index (χ0) is 39.3. The second-order valence-electron chi connectivity index (χ2n) is 15.4. The molecule has 0 saturated carbocycles. The van der Waals surface area contributed by atoms with Crippen molar-refractivity contribution >= 4 is 23.7 Å². The van der Waals surface area contributed by atoms with Crippen LogP contribution in [-0.2, 0) is 39.8 Å². The first-order valence-corrected chi connectivity index (χ1v) is 19.0. The molecule has 1 aromatic rings. The molecular weight excluding hydrogens is 664 g/mol. The number of carbonyl (C=O) groups excluding carboxylic acids is 4. The molecule has 52 heavy (non-hydrogen) atoms. The third-order valence-corrected chi connectivity index (χ3v) is 10.7. The number of esters is 1.